The summed E-state index contributed by atoms with van der Waals surface area (Å²) in [6.07, 6.45) is 14.1. The first-order chi connectivity index (χ1) is 11.0. The molecule has 0 spiro atoms. The predicted molar refractivity (Wildman–Crippen MR) is 106 cm³/mol. The van der Waals surface area contributed by atoms with Gasteiger partial charge in [-0.2, -0.15) is 0 Å². The average Bonchev–Trinajstić information content (AvgIpc) is 2.53. The highest BCUT2D eigenvalue weighted by Crippen LogP contribution is 2.26. The normalized spacial score (nSPS) is 15.3. The van der Waals surface area contributed by atoms with Crippen molar-refractivity contribution in [1.29, 1.82) is 0 Å². The molecule has 0 aromatic rings. The van der Waals surface area contributed by atoms with Gasteiger partial charge in [-0.1, -0.05) is 64.2 Å². The van der Waals surface area contributed by atoms with Crippen molar-refractivity contribution < 1.29 is 0 Å². The van der Waals surface area contributed by atoms with E-state index in [2.05, 4.69) is 57.4 Å². The van der Waals surface area contributed by atoms with Crippen molar-refractivity contribution in [2.45, 2.75) is 85.1 Å². The number of aliphatic imine (C=N–C) groups is 1. The smallest absolute Gasteiger partial charge is 0.0375 e. The molecule has 0 bridgehead atoms. The Labute approximate surface area is 145 Å². The summed E-state index contributed by atoms with van der Waals surface area (Å²) < 4.78 is 0. The van der Waals surface area contributed by atoms with Crippen LogP contribution in [0.1, 0.15) is 79.1 Å². The minimum Gasteiger partial charge on any atom is -0.302 e. The molecule has 0 heterocycles. The minimum atomic E-state index is 0.387. The average molecular weight is 321 g/mol. The molecule has 0 aliphatic heterocycles. The maximum atomic E-state index is 4.48. The minimum absolute atomic E-state index is 0.387. The van der Waals surface area contributed by atoms with Gasteiger partial charge >= 0.3 is 0 Å². The number of nitrogens with zero attached hydrogens (tertiary/aromatic N) is 2. The first-order valence-electron chi connectivity index (χ1n) is 9.47. The second-order valence-electron chi connectivity index (χ2n) is 6.84. The molecule has 2 unspecified atom stereocenters. The van der Waals surface area contributed by atoms with Crippen LogP contribution >= 0.6 is 0 Å². The second-order valence-corrected chi connectivity index (χ2v) is 6.84. The zero-order valence-electron chi connectivity index (χ0n) is 16.6. The van der Waals surface area contributed by atoms with Crippen LogP contribution in [-0.4, -0.2) is 31.3 Å². The third-order valence-corrected chi connectivity index (χ3v) is 4.66. The van der Waals surface area contributed by atoms with Gasteiger partial charge in [0.15, 0.2) is 0 Å². The fraction of sp³-hybridized carbons (Fsp3) is 0.762. The zero-order valence-corrected chi connectivity index (χ0v) is 16.6. The number of likely N-dealkylation sites (N-methyl/N-ethyl adjacent to an activating group) is 1. The summed E-state index contributed by atoms with van der Waals surface area (Å²) in [6.45, 7) is 13.1. The van der Waals surface area contributed by atoms with Crippen LogP contribution in [0.2, 0.25) is 0 Å². The van der Waals surface area contributed by atoms with E-state index in [0.29, 0.717) is 6.04 Å². The van der Waals surface area contributed by atoms with Crippen LogP contribution in [0.25, 0.3) is 0 Å². The number of hydrogen-bond donors (Lipinski definition) is 0. The Balaban J connectivity index is 4.65. The molecule has 2 nitrogen and oxygen atoms in total. The Hall–Kier alpha value is -0.890. The van der Waals surface area contributed by atoms with Crippen LogP contribution in [0.3, 0.4) is 0 Å². The van der Waals surface area contributed by atoms with E-state index in [1.165, 1.54) is 44.1 Å². The number of unbranched alkanes of at least 4 members (excludes halogenated alkanes) is 1. The zero-order chi connectivity index (χ0) is 17.7. The van der Waals surface area contributed by atoms with Crippen molar-refractivity contribution in [3.8, 4) is 0 Å². The van der Waals surface area contributed by atoms with Crippen molar-refractivity contribution in [2.75, 3.05) is 14.1 Å². The lowest BCUT2D eigenvalue weighted by atomic mass is 9.88. The lowest BCUT2D eigenvalue weighted by Gasteiger charge is -2.28. The van der Waals surface area contributed by atoms with Crippen LogP contribution in [0, 0.1) is 5.92 Å². The van der Waals surface area contributed by atoms with Gasteiger partial charge in [0, 0.05) is 24.4 Å². The third-order valence-electron chi connectivity index (χ3n) is 4.66. The SMILES string of the molecule is C=C(CCC(CCC)CCCC)C(C/C(=C/C)N=CC)N(C)C. The summed E-state index contributed by atoms with van der Waals surface area (Å²) in [6, 6.07) is 0.387. The maximum Gasteiger partial charge on any atom is 0.0375 e. The summed E-state index contributed by atoms with van der Waals surface area (Å²) >= 11 is 0. The molecule has 0 aromatic carbocycles. The second kappa shape index (κ2) is 13.5. The van der Waals surface area contributed by atoms with Crippen molar-refractivity contribution >= 4 is 6.21 Å². The molecule has 134 valence electrons. The molecule has 0 aliphatic carbocycles. The maximum absolute atomic E-state index is 4.48. The Morgan fingerprint density at radius 3 is 2.26 bits per heavy atom. The lowest BCUT2D eigenvalue weighted by molar-refractivity contribution is 0.313. The molecule has 0 aromatic heterocycles. The molecular formula is C21H40N2. The molecule has 0 amide bonds. The largest absolute Gasteiger partial charge is 0.302 e. The fourth-order valence-corrected chi connectivity index (χ4v) is 3.19. The number of allylic oxidation sites excluding steroid dienone is 1. The summed E-state index contributed by atoms with van der Waals surface area (Å²) in [4.78, 5) is 6.77. The number of rotatable bonds is 13. The van der Waals surface area contributed by atoms with Gasteiger partial charge in [0.25, 0.3) is 0 Å². The van der Waals surface area contributed by atoms with Gasteiger partial charge < -0.3 is 4.90 Å². The van der Waals surface area contributed by atoms with Gasteiger partial charge in [-0.05, 0) is 46.7 Å². The van der Waals surface area contributed by atoms with Crippen molar-refractivity contribution in [2.24, 2.45) is 10.9 Å². The Bertz CT molecular complexity index is 366. The van der Waals surface area contributed by atoms with Crippen LogP contribution in [0.15, 0.2) is 28.9 Å². The molecule has 0 saturated carbocycles. The molecule has 23 heavy (non-hydrogen) atoms. The standard InChI is InChI=1S/C21H40N2/c1-8-12-14-19(13-9-2)16-15-18(5)21(23(6)7)17-20(10-3)22-11-4/h10-11,19,21H,5,8-9,12-17H2,1-4,6-7H3/b20-10-,22-11?. The molecule has 0 saturated heterocycles. The summed E-state index contributed by atoms with van der Waals surface area (Å²) in [5.74, 6) is 0.870. The van der Waals surface area contributed by atoms with E-state index >= 15 is 0 Å². The summed E-state index contributed by atoms with van der Waals surface area (Å²) in [5.41, 5.74) is 2.52. The van der Waals surface area contributed by atoms with E-state index in [1.54, 1.807) is 0 Å². The van der Waals surface area contributed by atoms with E-state index in [1.807, 2.05) is 13.1 Å². The highest BCUT2D eigenvalue weighted by molar-refractivity contribution is 5.55. The Morgan fingerprint density at radius 2 is 1.78 bits per heavy atom. The van der Waals surface area contributed by atoms with E-state index < -0.39 is 0 Å². The molecule has 0 aliphatic rings. The van der Waals surface area contributed by atoms with Gasteiger partial charge in [-0.15, -0.1) is 0 Å². The number of hydrogen-bond acceptors (Lipinski definition) is 2. The molecule has 2 atom stereocenters. The lowest BCUT2D eigenvalue weighted by Crippen LogP contribution is -2.30. The fourth-order valence-electron chi connectivity index (χ4n) is 3.19. The molecule has 0 fully saturated rings. The van der Waals surface area contributed by atoms with Gasteiger partial charge in [0.1, 0.15) is 0 Å². The van der Waals surface area contributed by atoms with Crippen molar-refractivity contribution in [3.63, 3.8) is 0 Å². The molecule has 0 rings (SSSR count). The van der Waals surface area contributed by atoms with Gasteiger partial charge in [-0.25, -0.2) is 0 Å². The summed E-state index contributed by atoms with van der Waals surface area (Å²) in [7, 11) is 4.30. The van der Waals surface area contributed by atoms with Crippen LogP contribution in [0.4, 0.5) is 0 Å². The van der Waals surface area contributed by atoms with Gasteiger partial charge in [-0.3, -0.25) is 4.99 Å². The Morgan fingerprint density at radius 1 is 1.09 bits per heavy atom. The van der Waals surface area contributed by atoms with Crippen molar-refractivity contribution in [1.82, 2.24) is 4.90 Å². The van der Waals surface area contributed by atoms with Gasteiger partial charge in [0.05, 0.1) is 0 Å². The van der Waals surface area contributed by atoms with Crippen molar-refractivity contribution in [3.05, 3.63) is 23.9 Å². The first-order valence-corrected chi connectivity index (χ1v) is 9.47. The monoisotopic (exact) mass is 320 g/mol. The topological polar surface area (TPSA) is 15.6 Å². The van der Waals surface area contributed by atoms with E-state index in [-0.39, 0.29) is 0 Å². The Kier molecular flexibility index (Phi) is 13.0. The first kappa shape index (κ1) is 22.1. The van der Waals surface area contributed by atoms with E-state index in [4.69, 9.17) is 0 Å². The molecule has 2 heteroatoms. The molecule has 0 N–H and O–H groups in total. The quantitative estimate of drug-likeness (QED) is 0.289. The van der Waals surface area contributed by atoms with E-state index in [9.17, 15) is 0 Å². The summed E-state index contributed by atoms with van der Waals surface area (Å²) in [5, 5.41) is 0. The van der Waals surface area contributed by atoms with E-state index in [0.717, 1.165) is 24.5 Å². The van der Waals surface area contributed by atoms with Crippen LogP contribution < -0.4 is 0 Å². The van der Waals surface area contributed by atoms with Crippen LogP contribution in [0.5, 0.6) is 0 Å². The molecule has 0 radical (unpaired) electrons. The van der Waals surface area contributed by atoms with Gasteiger partial charge in [0.2, 0.25) is 0 Å². The molecular weight excluding hydrogens is 280 g/mol. The highest BCUT2D eigenvalue weighted by Gasteiger charge is 2.18. The van der Waals surface area contributed by atoms with Crippen LogP contribution in [-0.2, 0) is 0 Å². The highest BCUT2D eigenvalue weighted by atomic mass is 15.1. The predicted octanol–water partition coefficient (Wildman–Crippen LogP) is 6.24. The third kappa shape index (κ3) is 9.76.